The number of aromatic nitrogens is 1. The second-order valence-corrected chi connectivity index (χ2v) is 8.18. The molecule has 6 heteroatoms. The van der Waals surface area contributed by atoms with Gasteiger partial charge in [-0.1, -0.05) is 30.3 Å². The Balaban J connectivity index is 0.00000210. The standard InChI is InChI=1S/C21H24N4S.ClH/c1-24-11-17-12-25(13-18-9-8-16(10-22)21(23-18)26-2)14-19(17)20(24)15-6-4-3-5-7-15;/h3-9,17,19-20H,11-14H2,1-2H3;1H/t17-,19+,20-;/m0./s1. The van der Waals surface area contributed by atoms with Gasteiger partial charge in [-0.15, -0.1) is 24.2 Å². The first-order chi connectivity index (χ1) is 12.7. The third-order valence-electron chi connectivity index (χ3n) is 5.73. The average Bonchev–Trinajstić information content (AvgIpc) is 3.17. The quantitative estimate of drug-likeness (QED) is 0.729. The Morgan fingerprint density at radius 1 is 1.15 bits per heavy atom. The van der Waals surface area contributed by atoms with Gasteiger partial charge in [0.05, 0.1) is 11.3 Å². The average molecular weight is 401 g/mol. The van der Waals surface area contributed by atoms with E-state index in [1.54, 1.807) is 11.8 Å². The van der Waals surface area contributed by atoms with Gasteiger partial charge < -0.3 is 0 Å². The Kier molecular flexibility index (Phi) is 6.44. The van der Waals surface area contributed by atoms with Crippen LogP contribution in [0.3, 0.4) is 0 Å². The zero-order chi connectivity index (χ0) is 18.1. The summed E-state index contributed by atoms with van der Waals surface area (Å²) in [6.07, 6.45) is 1.98. The molecule has 0 amide bonds. The topological polar surface area (TPSA) is 43.2 Å². The number of likely N-dealkylation sites (tertiary alicyclic amines) is 2. The summed E-state index contributed by atoms with van der Waals surface area (Å²) in [4.78, 5) is 9.76. The highest BCUT2D eigenvalue weighted by Crippen LogP contribution is 2.44. The third-order valence-corrected chi connectivity index (χ3v) is 6.43. The number of hydrogen-bond acceptors (Lipinski definition) is 5. The van der Waals surface area contributed by atoms with Crippen LogP contribution >= 0.6 is 24.2 Å². The maximum atomic E-state index is 9.18. The van der Waals surface area contributed by atoms with Crippen molar-refractivity contribution in [2.24, 2.45) is 11.8 Å². The summed E-state index contributed by atoms with van der Waals surface area (Å²) >= 11 is 1.55. The predicted molar refractivity (Wildman–Crippen MR) is 112 cm³/mol. The molecule has 0 spiro atoms. The molecule has 2 aliphatic rings. The lowest BCUT2D eigenvalue weighted by Crippen LogP contribution is -2.29. The lowest BCUT2D eigenvalue weighted by Gasteiger charge is -2.26. The van der Waals surface area contributed by atoms with Crippen molar-refractivity contribution in [1.29, 1.82) is 5.26 Å². The van der Waals surface area contributed by atoms with Crippen LogP contribution in [0, 0.1) is 23.2 Å². The molecule has 0 radical (unpaired) electrons. The molecular weight excluding hydrogens is 376 g/mol. The van der Waals surface area contributed by atoms with Gasteiger partial charge >= 0.3 is 0 Å². The highest BCUT2D eigenvalue weighted by molar-refractivity contribution is 7.98. The van der Waals surface area contributed by atoms with Crippen molar-refractivity contribution >= 4 is 24.2 Å². The normalized spacial score (nSPS) is 25.0. The number of fused-ring (bicyclic) bond motifs is 1. The van der Waals surface area contributed by atoms with Crippen molar-refractivity contribution in [3.8, 4) is 6.07 Å². The van der Waals surface area contributed by atoms with E-state index in [1.165, 1.54) is 5.56 Å². The Labute approximate surface area is 172 Å². The van der Waals surface area contributed by atoms with Gasteiger partial charge in [0, 0.05) is 32.2 Å². The Morgan fingerprint density at radius 3 is 2.63 bits per heavy atom. The van der Waals surface area contributed by atoms with Crippen molar-refractivity contribution < 1.29 is 0 Å². The van der Waals surface area contributed by atoms with Crippen molar-refractivity contribution in [2.45, 2.75) is 17.6 Å². The molecule has 3 atom stereocenters. The van der Waals surface area contributed by atoms with Crippen LogP contribution in [-0.4, -0.2) is 47.7 Å². The number of nitriles is 1. The van der Waals surface area contributed by atoms with Gasteiger partial charge in [-0.3, -0.25) is 9.80 Å². The molecule has 2 fully saturated rings. The number of rotatable bonds is 4. The monoisotopic (exact) mass is 400 g/mol. The van der Waals surface area contributed by atoms with E-state index in [-0.39, 0.29) is 12.4 Å². The number of pyridine rings is 1. The van der Waals surface area contributed by atoms with E-state index in [9.17, 15) is 5.26 Å². The first-order valence-electron chi connectivity index (χ1n) is 9.11. The minimum Gasteiger partial charge on any atom is -0.299 e. The molecule has 4 rings (SSSR count). The summed E-state index contributed by atoms with van der Waals surface area (Å²) in [7, 11) is 2.26. The number of hydrogen-bond donors (Lipinski definition) is 0. The molecule has 2 aromatic rings. The molecule has 27 heavy (non-hydrogen) atoms. The van der Waals surface area contributed by atoms with Crippen LogP contribution in [0.5, 0.6) is 0 Å². The van der Waals surface area contributed by atoms with E-state index in [0.717, 1.165) is 42.8 Å². The highest BCUT2D eigenvalue weighted by Gasteiger charge is 2.45. The fourth-order valence-electron chi connectivity index (χ4n) is 4.67. The molecule has 0 aliphatic carbocycles. The largest absolute Gasteiger partial charge is 0.299 e. The molecule has 1 aromatic heterocycles. The van der Waals surface area contributed by atoms with Crippen LogP contribution in [0.2, 0.25) is 0 Å². The molecule has 3 heterocycles. The molecule has 0 unspecified atom stereocenters. The van der Waals surface area contributed by atoms with E-state index in [4.69, 9.17) is 4.98 Å². The van der Waals surface area contributed by atoms with Crippen LogP contribution in [0.1, 0.15) is 22.9 Å². The minimum absolute atomic E-state index is 0. The van der Waals surface area contributed by atoms with Crippen LogP contribution in [0.4, 0.5) is 0 Å². The van der Waals surface area contributed by atoms with Crippen molar-refractivity contribution in [1.82, 2.24) is 14.8 Å². The zero-order valence-electron chi connectivity index (χ0n) is 15.7. The lowest BCUT2D eigenvalue weighted by molar-refractivity contribution is 0.223. The van der Waals surface area contributed by atoms with Crippen LogP contribution in [0.15, 0.2) is 47.5 Å². The maximum absolute atomic E-state index is 9.18. The lowest BCUT2D eigenvalue weighted by atomic mass is 9.90. The first-order valence-corrected chi connectivity index (χ1v) is 10.3. The second kappa shape index (κ2) is 8.62. The van der Waals surface area contributed by atoms with Gasteiger partial charge in [-0.25, -0.2) is 4.98 Å². The molecule has 2 aliphatic heterocycles. The van der Waals surface area contributed by atoms with Gasteiger partial charge in [0.25, 0.3) is 0 Å². The molecule has 0 bridgehead atoms. The molecule has 142 valence electrons. The first kappa shape index (κ1) is 20.2. The van der Waals surface area contributed by atoms with E-state index >= 15 is 0 Å². The molecule has 0 N–H and O–H groups in total. The summed E-state index contributed by atoms with van der Waals surface area (Å²) < 4.78 is 0. The summed E-state index contributed by atoms with van der Waals surface area (Å²) in [6.45, 7) is 4.29. The van der Waals surface area contributed by atoms with Gasteiger partial charge in [0.2, 0.25) is 0 Å². The smallest absolute Gasteiger partial charge is 0.114 e. The Hall–Kier alpha value is -1.58. The number of nitrogens with zero attached hydrogens (tertiary/aromatic N) is 4. The second-order valence-electron chi connectivity index (χ2n) is 7.38. The van der Waals surface area contributed by atoms with Crippen LogP contribution < -0.4 is 0 Å². The SMILES string of the molecule is CSc1nc(CN2C[C@@H]3CN(C)[C@@H](c4ccccc4)[C@@H]3C2)ccc1C#N.Cl. The Bertz CT molecular complexity index is 823. The summed E-state index contributed by atoms with van der Waals surface area (Å²) in [5.74, 6) is 1.41. The fourth-order valence-corrected chi connectivity index (χ4v) is 5.21. The van der Waals surface area contributed by atoms with E-state index < -0.39 is 0 Å². The third kappa shape index (κ3) is 4.00. The van der Waals surface area contributed by atoms with Crippen LogP contribution in [0.25, 0.3) is 0 Å². The van der Waals surface area contributed by atoms with Crippen molar-refractivity contribution in [3.63, 3.8) is 0 Å². The maximum Gasteiger partial charge on any atom is 0.114 e. The predicted octanol–water partition coefficient (Wildman–Crippen LogP) is 3.83. The molecule has 2 saturated heterocycles. The van der Waals surface area contributed by atoms with Crippen LogP contribution in [-0.2, 0) is 6.54 Å². The number of thioether (sulfide) groups is 1. The van der Waals surface area contributed by atoms with Gasteiger partial charge in [0.15, 0.2) is 0 Å². The molecule has 4 nitrogen and oxygen atoms in total. The zero-order valence-corrected chi connectivity index (χ0v) is 17.3. The van der Waals surface area contributed by atoms with E-state index in [2.05, 4.69) is 53.2 Å². The fraction of sp³-hybridized carbons (Fsp3) is 0.429. The molecule has 1 aromatic carbocycles. The van der Waals surface area contributed by atoms with E-state index in [0.29, 0.717) is 17.5 Å². The van der Waals surface area contributed by atoms with E-state index in [1.807, 2.05) is 18.4 Å². The highest BCUT2D eigenvalue weighted by atomic mass is 35.5. The number of benzene rings is 1. The van der Waals surface area contributed by atoms with Gasteiger partial charge in [-0.05, 0) is 42.8 Å². The van der Waals surface area contributed by atoms with Crippen molar-refractivity contribution in [2.75, 3.05) is 32.9 Å². The summed E-state index contributed by atoms with van der Waals surface area (Å²) in [5.41, 5.74) is 3.17. The molecular formula is C21H25ClN4S. The summed E-state index contributed by atoms with van der Waals surface area (Å²) in [6, 6.07) is 17.6. The van der Waals surface area contributed by atoms with Gasteiger partial charge in [0.1, 0.15) is 11.1 Å². The minimum atomic E-state index is 0. The number of halogens is 1. The molecule has 0 saturated carbocycles. The Morgan fingerprint density at radius 2 is 1.93 bits per heavy atom. The van der Waals surface area contributed by atoms with Crippen molar-refractivity contribution in [3.05, 3.63) is 59.3 Å². The summed E-state index contributed by atoms with van der Waals surface area (Å²) in [5, 5.41) is 10.0. The van der Waals surface area contributed by atoms with Gasteiger partial charge in [-0.2, -0.15) is 5.26 Å².